The van der Waals surface area contributed by atoms with Gasteiger partial charge in [0.2, 0.25) is 0 Å². The number of thioether (sulfide) groups is 1. The normalized spacial score (nSPS) is 11.1. The first-order chi connectivity index (χ1) is 12.1. The van der Waals surface area contributed by atoms with E-state index in [4.69, 9.17) is 4.74 Å². The summed E-state index contributed by atoms with van der Waals surface area (Å²) in [6, 6.07) is 7.72. The Morgan fingerprint density at radius 1 is 1.28 bits per heavy atom. The lowest BCUT2D eigenvalue weighted by atomic mass is 10.2. The zero-order chi connectivity index (χ0) is 18.5. The van der Waals surface area contributed by atoms with Gasteiger partial charge in [-0.1, -0.05) is 12.1 Å². The molecule has 1 rings (SSSR count). The number of carbonyl (C=O) groups excluding carboxylic acids is 1. The number of ether oxygens (including phenoxy) is 1. The third-order valence-electron chi connectivity index (χ3n) is 3.51. The van der Waals surface area contributed by atoms with Gasteiger partial charge in [-0.25, -0.2) is 0 Å². The molecule has 0 bridgehead atoms. The number of benzene rings is 1. The minimum atomic E-state index is -0.0606. The van der Waals surface area contributed by atoms with E-state index in [9.17, 15) is 4.79 Å². The van der Waals surface area contributed by atoms with Crippen molar-refractivity contribution in [3.05, 3.63) is 29.8 Å². The standard InChI is InChI=1S/C18H30N4O2S/c1-19-18(20-10-5-6-11-25-4)21-13-15-8-7-9-16(12-15)24-14-17(23)22(2)3/h7-9,12H,5-6,10-11,13-14H2,1-4H3,(H2,19,20,21). The van der Waals surface area contributed by atoms with E-state index in [0.717, 1.165) is 24.5 Å². The molecule has 0 saturated heterocycles. The van der Waals surface area contributed by atoms with Crippen molar-refractivity contribution in [3.63, 3.8) is 0 Å². The van der Waals surface area contributed by atoms with Crippen LogP contribution in [0.25, 0.3) is 0 Å². The summed E-state index contributed by atoms with van der Waals surface area (Å²) in [6.45, 7) is 1.60. The van der Waals surface area contributed by atoms with Gasteiger partial charge < -0.3 is 20.3 Å². The third kappa shape index (κ3) is 9.24. The average molecular weight is 367 g/mol. The minimum Gasteiger partial charge on any atom is -0.484 e. The molecule has 0 unspecified atom stereocenters. The highest BCUT2D eigenvalue weighted by atomic mass is 32.2. The van der Waals surface area contributed by atoms with Gasteiger partial charge >= 0.3 is 0 Å². The van der Waals surface area contributed by atoms with Crippen LogP contribution in [0.15, 0.2) is 29.3 Å². The van der Waals surface area contributed by atoms with Crippen LogP contribution in [-0.2, 0) is 11.3 Å². The van der Waals surface area contributed by atoms with Crippen LogP contribution in [0.2, 0.25) is 0 Å². The molecule has 0 radical (unpaired) electrons. The summed E-state index contributed by atoms with van der Waals surface area (Å²) in [4.78, 5) is 17.3. The minimum absolute atomic E-state index is 0.0448. The van der Waals surface area contributed by atoms with E-state index in [1.807, 2.05) is 36.0 Å². The monoisotopic (exact) mass is 366 g/mol. The second-order valence-corrected chi connectivity index (χ2v) is 6.76. The molecule has 140 valence electrons. The molecule has 25 heavy (non-hydrogen) atoms. The van der Waals surface area contributed by atoms with E-state index < -0.39 is 0 Å². The maximum atomic E-state index is 11.6. The van der Waals surface area contributed by atoms with Gasteiger partial charge in [-0.15, -0.1) is 0 Å². The van der Waals surface area contributed by atoms with Crippen LogP contribution >= 0.6 is 11.8 Å². The predicted octanol–water partition coefficient (Wildman–Crippen LogP) is 1.96. The molecule has 0 aliphatic heterocycles. The summed E-state index contributed by atoms with van der Waals surface area (Å²) in [5, 5.41) is 6.60. The fraction of sp³-hybridized carbons (Fsp3) is 0.556. The Hall–Kier alpha value is -1.89. The summed E-state index contributed by atoms with van der Waals surface area (Å²) in [7, 11) is 5.20. The fourth-order valence-corrected chi connectivity index (χ4v) is 2.50. The van der Waals surface area contributed by atoms with Crippen molar-refractivity contribution in [2.75, 3.05) is 46.3 Å². The first-order valence-electron chi connectivity index (χ1n) is 8.42. The van der Waals surface area contributed by atoms with Gasteiger partial charge in [0.15, 0.2) is 12.6 Å². The predicted molar refractivity (Wildman–Crippen MR) is 106 cm³/mol. The van der Waals surface area contributed by atoms with Crippen LogP contribution in [0, 0.1) is 0 Å². The molecule has 0 fully saturated rings. The molecular formula is C18H30N4O2S. The van der Waals surface area contributed by atoms with Gasteiger partial charge in [-0.2, -0.15) is 11.8 Å². The van der Waals surface area contributed by atoms with Crippen LogP contribution < -0.4 is 15.4 Å². The third-order valence-corrected chi connectivity index (χ3v) is 4.21. The van der Waals surface area contributed by atoms with Crippen molar-refractivity contribution in [1.29, 1.82) is 0 Å². The Labute approximate surface area is 155 Å². The molecular weight excluding hydrogens is 336 g/mol. The highest BCUT2D eigenvalue weighted by Gasteiger charge is 2.05. The van der Waals surface area contributed by atoms with Gasteiger partial charge in [0.1, 0.15) is 5.75 Å². The Balaban J connectivity index is 2.40. The molecule has 1 aromatic carbocycles. The molecule has 2 N–H and O–H groups in total. The van der Waals surface area contributed by atoms with E-state index in [1.165, 1.54) is 17.1 Å². The summed E-state index contributed by atoms with van der Waals surface area (Å²) in [5.41, 5.74) is 1.07. The van der Waals surface area contributed by atoms with Crippen molar-refractivity contribution >= 4 is 23.6 Å². The molecule has 0 saturated carbocycles. The van der Waals surface area contributed by atoms with Crippen LogP contribution in [0.4, 0.5) is 0 Å². The fourth-order valence-electron chi connectivity index (χ4n) is 2.00. The topological polar surface area (TPSA) is 66.0 Å². The Morgan fingerprint density at radius 2 is 2.08 bits per heavy atom. The molecule has 0 atom stereocenters. The second-order valence-electron chi connectivity index (χ2n) is 5.78. The molecule has 6 nitrogen and oxygen atoms in total. The largest absolute Gasteiger partial charge is 0.484 e. The van der Waals surface area contributed by atoms with E-state index in [-0.39, 0.29) is 12.5 Å². The summed E-state index contributed by atoms with van der Waals surface area (Å²) in [6.07, 6.45) is 4.46. The van der Waals surface area contributed by atoms with Crippen molar-refractivity contribution in [2.24, 2.45) is 4.99 Å². The number of carbonyl (C=O) groups is 1. The van der Waals surface area contributed by atoms with Gasteiger partial charge in [0, 0.05) is 34.2 Å². The zero-order valence-corrected chi connectivity index (χ0v) is 16.5. The number of nitrogens with zero attached hydrogens (tertiary/aromatic N) is 2. The number of aliphatic imine (C=N–C) groups is 1. The van der Waals surface area contributed by atoms with Crippen molar-refractivity contribution in [2.45, 2.75) is 19.4 Å². The number of rotatable bonds is 10. The highest BCUT2D eigenvalue weighted by molar-refractivity contribution is 7.98. The molecule has 1 aromatic rings. The number of amides is 1. The van der Waals surface area contributed by atoms with Crippen LogP contribution in [-0.4, -0.2) is 63.1 Å². The lowest BCUT2D eigenvalue weighted by Crippen LogP contribution is -2.37. The van der Waals surface area contributed by atoms with Crippen LogP contribution in [0.1, 0.15) is 18.4 Å². The maximum absolute atomic E-state index is 11.6. The lowest BCUT2D eigenvalue weighted by Gasteiger charge is -2.13. The van der Waals surface area contributed by atoms with E-state index >= 15 is 0 Å². The first-order valence-corrected chi connectivity index (χ1v) is 9.81. The Bertz CT molecular complexity index is 550. The van der Waals surface area contributed by atoms with E-state index in [1.54, 1.807) is 21.1 Å². The average Bonchev–Trinajstić information content (AvgIpc) is 2.62. The molecule has 0 aromatic heterocycles. The van der Waals surface area contributed by atoms with Gasteiger partial charge in [0.05, 0.1) is 0 Å². The second kappa shape index (κ2) is 12.5. The highest BCUT2D eigenvalue weighted by Crippen LogP contribution is 2.13. The lowest BCUT2D eigenvalue weighted by molar-refractivity contribution is -0.130. The molecule has 1 amide bonds. The Kier molecular flexibility index (Phi) is 10.6. The maximum Gasteiger partial charge on any atom is 0.259 e. The SMILES string of the molecule is CN=C(NCCCCSC)NCc1cccc(OCC(=O)N(C)C)c1. The molecule has 0 heterocycles. The molecule has 0 aliphatic carbocycles. The quantitative estimate of drug-likeness (QED) is 0.376. The number of nitrogens with one attached hydrogen (secondary N) is 2. The summed E-state index contributed by atoms with van der Waals surface area (Å²) >= 11 is 1.87. The Morgan fingerprint density at radius 3 is 2.76 bits per heavy atom. The summed E-state index contributed by atoms with van der Waals surface area (Å²) in [5.74, 6) is 2.61. The van der Waals surface area contributed by atoms with E-state index in [2.05, 4.69) is 21.9 Å². The van der Waals surface area contributed by atoms with Crippen molar-refractivity contribution < 1.29 is 9.53 Å². The number of hydrogen-bond donors (Lipinski definition) is 2. The summed E-state index contributed by atoms with van der Waals surface area (Å²) < 4.78 is 5.54. The molecule has 0 spiro atoms. The molecule has 0 aliphatic rings. The molecule has 7 heteroatoms. The van der Waals surface area contributed by atoms with Gasteiger partial charge in [-0.05, 0) is 42.5 Å². The zero-order valence-electron chi connectivity index (χ0n) is 15.7. The van der Waals surface area contributed by atoms with Gasteiger partial charge in [-0.3, -0.25) is 9.79 Å². The first kappa shape index (κ1) is 21.2. The van der Waals surface area contributed by atoms with Crippen molar-refractivity contribution in [1.82, 2.24) is 15.5 Å². The smallest absolute Gasteiger partial charge is 0.259 e. The van der Waals surface area contributed by atoms with Gasteiger partial charge in [0.25, 0.3) is 5.91 Å². The number of unbranched alkanes of at least 4 members (excludes halogenated alkanes) is 1. The number of hydrogen-bond acceptors (Lipinski definition) is 4. The van der Waals surface area contributed by atoms with Crippen LogP contribution in [0.3, 0.4) is 0 Å². The van der Waals surface area contributed by atoms with E-state index in [0.29, 0.717) is 12.3 Å². The number of likely N-dealkylation sites (N-methyl/N-ethyl adjacent to an activating group) is 1. The number of guanidine groups is 1. The van der Waals surface area contributed by atoms with Crippen molar-refractivity contribution in [3.8, 4) is 5.75 Å². The van der Waals surface area contributed by atoms with Crippen LogP contribution in [0.5, 0.6) is 5.75 Å².